The summed E-state index contributed by atoms with van der Waals surface area (Å²) in [5.74, 6) is 0. The molecule has 2 aromatic rings. The van der Waals surface area contributed by atoms with Crippen molar-refractivity contribution in [1.29, 1.82) is 0 Å². The molecule has 0 aromatic heterocycles. The van der Waals surface area contributed by atoms with Gasteiger partial charge >= 0.3 is 0 Å². The molecule has 0 fully saturated rings. The van der Waals surface area contributed by atoms with Crippen LogP contribution in [-0.2, 0) is 6.54 Å². The maximum absolute atomic E-state index is 3.39. The average Bonchev–Trinajstić information content (AvgIpc) is 2.49. The van der Waals surface area contributed by atoms with E-state index in [1.807, 2.05) is 0 Å². The zero-order valence-corrected chi connectivity index (χ0v) is 13.6. The van der Waals surface area contributed by atoms with Gasteiger partial charge in [-0.15, -0.1) is 0 Å². The van der Waals surface area contributed by atoms with Gasteiger partial charge in [-0.2, -0.15) is 0 Å². The minimum atomic E-state index is 0.944. The third-order valence-corrected chi connectivity index (χ3v) is 3.87. The molecule has 0 heterocycles. The van der Waals surface area contributed by atoms with Gasteiger partial charge in [-0.1, -0.05) is 30.7 Å². The lowest BCUT2D eigenvalue weighted by Gasteiger charge is -2.24. The van der Waals surface area contributed by atoms with Gasteiger partial charge in [0.1, 0.15) is 0 Å². The van der Waals surface area contributed by atoms with Crippen LogP contribution in [0, 0.1) is 13.8 Å². The lowest BCUT2D eigenvalue weighted by atomic mass is 10.1. The molecule has 2 aromatic carbocycles. The summed E-state index contributed by atoms with van der Waals surface area (Å²) < 4.78 is 0. The van der Waals surface area contributed by atoms with Crippen LogP contribution in [-0.4, -0.2) is 13.1 Å². The molecule has 0 aliphatic carbocycles. The number of anilines is 2. The van der Waals surface area contributed by atoms with Crippen LogP contribution in [0.2, 0.25) is 0 Å². The van der Waals surface area contributed by atoms with Gasteiger partial charge in [0.2, 0.25) is 0 Å². The molecule has 0 aliphatic heterocycles. The molecule has 2 rings (SSSR count). The Bertz CT molecular complexity index is 573. The highest BCUT2D eigenvalue weighted by atomic mass is 15.1. The fourth-order valence-electron chi connectivity index (χ4n) is 2.54. The third-order valence-electron chi connectivity index (χ3n) is 3.87. The summed E-state index contributed by atoms with van der Waals surface area (Å²) in [6.45, 7) is 11.6. The largest absolute Gasteiger partial charge is 0.342 e. The summed E-state index contributed by atoms with van der Waals surface area (Å²) in [7, 11) is 0. The van der Waals surface area contributed by atoms with E-state index >= 15 is 0 Å². The molecule has 0 atom stereocenters. The first-order chi connectivity index (χ1) is 10.2. The van der Waals surface area contributed by atoms with Crippen LogP contribution in [0.1, 0.15) is 30.5 Å². The van der Waals surface area contributed by atoms with E-state index in [2.05, 4.69) is 80.4 Å². The summed E-state index contributed by atoms with van der Waals surface area (Å²) in [4.78, 5) is 2.35. The average molecular weight is 282 g/mol. The van der Waals surface area contributed by atoms with Crippen molar-refractivity contribution in [3.63, 3.8) is 0 Å². The Hall–Kier alpha value is -1.80. The Kier molecular flexibility index (Phi) is 5.40. The number of hydrogen-bond donors (Lipinski definition) is 1. The molecule has 1 N–H and O–H groups in total. The van der Waals surface area contributed by atoms with E-state index in [0.717, 1.165) is 19.6 Å². The van der Waals surface area contributed by atoms with Crippen LogP contribution >= 0.6 is 0 Å². The minimum absolute atomic E-state index is 0.944. The lowest BCUT2D eigenvalue weighted by Crippen LogP contribution is -2.17. The molecule has 0 amide bonds. The number of nitrogens with one attached hydrogen (secondary N) is 1. The quantitative estimate of drug-likeness (QED) is 0.835. The first-order valence-corrected chi connectivity index (χ1v) is 7.80. The fraction of sp³-hybridized carbons (Fsp3) is 0.368. The van der Waals surface area contributed by atoms with Gasteiger partial charge in [0.25, 0.3) is 0 Å². The molecule has 0 aliphatic rings. The SMILES string of the molecule is CCNCc1ccc(N(CC)c2ccc(C)cc2)cc1C. The Morgan fingerprint density at radius 2 is 1.57 bits per heavy atom. The van der Waals surface area contributed by atoms with Crippen molar-refractivity contribution < 1.29 is 0 Å². The van der Waals surface area contributed by atoms with Crippen molar-refractivity contribution in [2.45, 2.75) is 34.2 Å². The highest BCUT2D eigenvalue weighted by Crippen LogP contribution is 2.27. The van der Waals surface area contributed by atoms with Gasteiger partial charge in [-0.05, 0) is 62.7 Å². The van der Waals surface area contributed by atoms with Gasteiger partial charge in [-0.25, -0.2) is 0 Å². The van der Waals surface area contributed by atoms with Crippen molar-refractivity contribution >= 4 is 11.4 Å². The van der Waals surface area contributed by atoms with Crippen molar-refractivity contribution in [2.24, 2.45) is 0 Å². The first-order valence-electron chi connectivity index (χ1n) is 7.80. The first kappa shape index (κ1) is 15.6. The standard InChI is InChI=1S/C19H26N2/c1-5-20-14-17-9-12-19(13-16(17)4)21(6-2)18-10-7-15(3)8-11-18/h7-13,20H,5-6,14H2,1-4H3. The zero-order chi connectivity index (χ0) is 15.2. The summed E-state index contributed by atoms with van der Waals surface area (Å²) in [5.41, 5.74) is 6.53. The molecule has 0 saturated heterocycles. The van der Waals surface area contributed by atoms with Gasteiger partial charge < -0.3 is 10.2 Å². The summed E-state index contributed by atoms with van der Waals surface area (Å²) >= 11 is 0. The number of benzene rings is 2. The second-order valence-electron chi connectivity index (χ2n) is 5.47. The van der Waals surface area contributed by atoms with Crippen LogP contribution in [0.25, 0.3) is 0 Å². The molecule has 21 heavy (non-hydrogen) atoms. The van der Waals surface area contributed by atoms with Crippen LogP contribution in [0.15, 0.2) is 42.5 Å². The molecule has 2 nitrogen and oxygen atoms in total. The van der Waals surface area contributed by atoms with Crippen molar-refractivity contribution in [1.82, 2.24) is 5.32 Å². The Morgan fingerprint density at radius 1 is 0.905 bits per heavy atom. The maximum atomic E-state index is 3.39. The van der Waals surface area contributed by atoms with E-state index in [4.69, 9.17) is 0 Å². The van der Waals surface area contributed by atoms with Gasteiger partial charge in [0.05, 0.1) is 0 Å². The molecule has 2 heteroatoms. The second-order valence-corrected chi connectivity index (χ2v) is 5.47. The smallest absolute Gasteiger partial charge is 0.0413 e. The molecule has 0 unspecified atom stereocenters. The topological polar surface area (TPSA) is 15.3 Å². The van der Waals surface area contributed by atoms with Crippen molar-refractivity contribution in [3.8, 4) is 0 Å². The third kappa shape index (κ3) is 3.85. The Labute approximate surface area is 128 Å². The highest BCUT2D eigenvalue weighted by Gasteiger charge is 2.08. The number of hydrogen-bond acceptors (Lipinski definition) is 2. The van der Waals surface area contributed by atoms with Crippen LogP contribution in [0.3, 0.4) is 0 Å². The summed E-state index contributed by atoms with van der Waals surface area (Å²) in [5, 5.41) is 3.39. The Morgan fingerprint density at radius 3 is 2.14 bits per heavy atom. The fourth-order valence-corrected chi connectivity index (χ4v) is 2.54. The number of rotatable bonds is 6. The lowest BCUT2D eigenvalue weighted by molar-refractivity contribution is 0.723. The summed E-state index contributed by atoms with van der Waals surface area (Å²) in [6, 6.07) is 15.5. The zero-order valence-electron chi connectivity index (χ0n) is 13.6. The molecule has 0 saturated carbocycles. The van der Waals surface area contributed by atoms with Crippen molar-refractivity contribution in [3.05, 3.63) is 59.2 Å². The van der Waals surface area contributed by atoms with Gasteiger partial charge in [0.15, 0.2) is 0 Å². The van der Waals surface area contributed by atoms with Gasteiger partial charge in [0, 0.05) is 24.5 Å². The van der Waals surface area contributed by atoms with E-state index < -0.39 is 0 Å². The maximum Gasteiger partial charge on any atom is 0.0413 e. The van der Waals surface area contributed by atoms with E-state index in [0.29, 0.717) is 0 Å². The highest BCUT2D eigenvalue weighted by molar-refractivity contribution is 5.64. The number of nitrogens with zero attached hydrogens (tertiary/aromatic N) is 1. The van der Waals surface area contributed by atoms with Gasteiger partial charge in [-0.3, -0.25) is 0 Å². The second kappa shape index (κ2) is 7.28. The minimum Gasteiger partial charge on any atom is -0.342 e. The van der Waals surface area contributed by atoms with Crippen LogP contribution < -0.4 is 10.2 Å². The Balaban J connectivity index is 2.26. The van der Waals surface area contributed by atoms with E-state index in [1.54, 1.807) is 0 Å². The summed E-state index contributed by atoms with van der Waals surface area (Å²) in [6.07, 6.45) is 0. The predicted molar refractivity (Wildman–Crippen MR) is 92.4 cm³/mol. The van der Waals surface area contributed by atoms with Crippen LogP contribution in [0.5, 0.6) is 0 Å². The van der Waals surface area contributed by atoms with Crippen molar-refractivity contribution in [2.75, 3.05) is 18.0 Å². The predicted octanol–water partition coefficient (Wildman–Crippen LogP) is 4.57. The molecular weight excluding hydrogens is 256 g/mol. The van der Waals surface area contributed by atoms with E-state index in [1.165, 1.54) is 28.1 Å². The monoisotopic (exact) mass is 282 g/mol. The van der Waals surface area contributed by atoms with E-state index in [-0.39, 0.29) is 0 Å². The molecule has 0 spiro atoms. The molecule has 0 bridgehead atoms. The van der Waals surface area contributed by atoms with Crippen LogP contribution in [0.4, 0.5) is 11.4 Å². The molecule has 112 valence electrons. The number of aryl methyl sites for hydroxylation is 2. The molecular formula is C19H26N2. The van der Waals surface area contributed by atoms with E-state index in [9.17, 15) is 0 Å². The molecule has 0 radical (unpaired) electrons. The normalized spacial score (nSPS) is 10.7.